The zero-order chi connectivity index (χ0) is 17.6. The van der Waals surface area contributed by atoms with Gasteiger partial charge < -0.3 is 15.0 Å². The lowest BCUT2D eigenvalue weighted by Gasteiger charge is -2.21. The van der Waals surface area contributed by atoms with Gasteiger partial charge in [0.25, 0.3) is 0 Å². The molecule has 2 aromatic rings. The Hall–Kier alpha value is -2.50. The van der Waals surface area contributed by atoms with Crippen LogP contribution in [-0.2, 0) is 13.6 Å². The van der Waals surface area contributed by atoms with Crippen LogP contribution in [0.1, 0.15) is 30.4 Å². The van der Waals surface area contributed by atoms with Gasteiger partial charge in [-0.3, -0.25) is 4.68 Å². The highest BCUT2D eigenvalue weighted by Gasteiger charge is 2.26. The Balaban J connectivity index is 1.65. The highest BCUT2D eigenvalue weighted by molar-refractivity contribution is 5.80. The predicted octanol–water partition coefficient (Wildman–Crippen LogP) is 2.38. The minimum Gasteiger partial charge on any atom is -0.497 e. The van der Waals surface area contributed by atoms with E-state index < -0.39 is 0 Å². The zero-order valence-electron chi connectivity index (χ0n) is 15.3. The van der Waals surface area contributed by atoms with E-state index in [2.05, 4.69) is 40.6 Å². The van der Waals surface area contributed by atoms with Gasteiger partial charge in [0, 0.05) is 38.8 Å². The van der Waals surface area contributed by atoms with Crippen LogP contribution in [0.15, 0.2) is 41.7 Å². The van der Waals surface area contributed by atoms with Crippen molar-refractivity contribution in [3.05, 3.63) is 47.8 Å². The first-order valence-corrected chi connectivity index (χ1v) is 8.84. The van der Waals surface area contributed by atoms with Crippen molar-refractivity contribution >= 4 is 5.96 Å². The lowest BCUT2D eigenvalue weighted by Crippen LogP contribution is -2.40. The summed E-state index contributed by atoms with van der Waals surface area (Å²) in [7, 11) is 3.65. The lowest BCUT2D eigenvalue weighted by atomic mass is 10.0. The Kier molecular flexibility index (Phi) is 5.58. The molecule has 6 heteroatoms. The number of nitrogens with zero attached hydrogens (tertiary/aromatic N) is 4. The fourth-order valence-electron chi connectivity index (χ4n) is 3.20. The molecule has 0 bridgehead atoms. The molecule has 25 heavy (non-hydrogen) atoms. The lowest BCUT2D eigenvalue weighted by molar-refractivity contribution is 0.414. The maximum absolute atomic E-state index is 5.21. The molecule has 0 radical (unpaired) electrons. The molecule has 0 aliphatic carbocycles. The SMILES string of the molecule is CCNC(=NCc1ccc(OC)cc1)N1CCC(c2cnn(C)c2)C1. The summed E-state index contributed by atoms with van der Waals surface area (Å²) in [5, 5.41) is 7.72. The molecule has 2 heterocycles. The Morgan fingerprint density at radius 1 is 1.36 bits per heavy atom. The minimum atomic E-state index is 0.526. The molecule has 3 rings (SSSR count). The average Bonchev–Trinajstić information content (AvgIpc) is 3.28. The van der Waals surface area contributed by atoms with E-state index in [0.29, 0.717) is 12.5 Å². The van der Waals surface area contributed by atoms with Crippen molar-refractivity contribution in [2.75, 3.05) is 26.7 Å². The van der Waals surface area contributed by atoms with Crippen LogP contribution in [-0.4, -0.2) is 47.4 Å². The Bertz CT molecular complexity index is 707. The first-order valence-electron chi connectivity index (χ1n) is 8.84. The minimum absolute atomic E-state index is 0.526. The number of hydrogen-bond donors (Lipinski definition) is 1. The molecular formula is C19H27N5O. The number of methoxy groups -OCH3 is 1. The molecule has 1 aromatic heterocycles. The summed E-state index contributed by atoms with van der Waals surface area (Å²) in [5.74, 6) is 2.39. The van der Waals surface area contributed by atoms with E-state index in [0.717, 1.165) is 37.8 Å². The van der Waals surface area contributed by atoms with Gasteiger partial charge in [0.2, 0.25) is 0 Å². The number of guanidine groups is 1. The molecule has 0 saturated carbocycles. The van der Waals surface area contributed by atoms with Gasteiger partial charge in [-0.25, -0.2) is 4.99 Å². The second kappa shape index (κ2) is 8.05. The highest BCUT2D eigenvalue weighted by Crippen LogP contribution is 2.26. The number of ether oxygens (including phenoxy) is 1. The fourth-order valence-corrected chi connectivity index (χ4v) is 3.20. The van der Waals surface area contributed by atoms with Gasteiger partial charge in [-0.1, -0.05) is 12.1 Å². The maximum Gasteiger partial charge on any atom is 0.194 e. The van der Waals surface area contributed by atoms with Crippen LogP contribution in [0, 0.1) is 0 Å². The predicted molar refractivity (Wildman–Crippen MR) is 99.9 cm³/mol. The number of aliphatic imine (C=N–C) groups is 1. The molecule has 0 amide bonds. The Labute approximate surface area is 149 Å². The third-order valence-corrected chi connectivity index (χ3v) is 4.59. The first kappa shape index (κ1) is 17.3. The van der Waals surface area contributed by atoms with Crippen molar-refractivity contribution in [2.24, 2.45) is 12.0 Å². The summed E-state index contributed by atoms with van der Waals surface area (Å²) in [5.41, 5.74) is 2.50. The number of hydrogen-bond acceptors (Lipinski definition) is 3. The van der Waals surface area contributed by atoms with Gasteiger partial charge >= 0.3 is 0 Å². The number of rotatable bonds is 5. The standard InChI is InChI=1S/C19H27N5O/c1-4-20-19(21-11-15-5-7-18(25-3)8-6-15)24-10-9-16(14-24)17-12-22-23(2)13-17/h5-8,12-13,16H,4,9-11,14H2,1-3H3,(H,20,21). The van der Waals surface area contributed by atoms with Crippen LogP contribution in [0.4, 0.5) is 0 Å². The third kappa shape index (κ3) is 4.32. The summed E-state index contributed by atoms with van der Waals surface area (Å²) < 4.78 is 7.08. The molecule has 1 saturated heterocycles. The van der Waals surface area contributed by atoms with Gasteiger partial charge in [0.15, 0.2) is 5.96 Å². The van der Waals surface area contributed by atoms with Crippen LogP contribution < -0.4 is 10.1 Å². The van der Waals surface area contributed by atoms with E-state index in [1.165, 1.54) is 11.1 Å². The van der Waals surface area contributed by atoms with Crippen LogP contribution in [0.5, 0.6) is 5.75 Å². The summed E-state index contributed by atoms with van der Waals surface area (Å²) in [6, 6.07) is 8.08. The van der Waals surface area contributed by atoms with Crippen molar-refractivity contribution in [3.8, 4) is 5.75 Å². The molecular weight excluding hydrogens is 314 g/mol. The monoisotopic (exact) mass is 341 g/mol. The smallest absolute Gasteiger partial charge is 0.194 e. The van der Waals surface area contributed by atoms with Crippen LogP contribution in [0.3, 0.4) is 0 Å². The molecule has 1 unspecified atom stereocenters. The van der Waals surface area contributed by atoms with E-state index >= 15 is 0 Å². The molecule has 1 aromatic carbocycles. The highest BCUT2D eigenvalue weighted by atomic mass is 16.5. The number of nitrogens with one attached hydrogen (secondary N) is 1. The van der Waals surface area contributed by atoms with E-state index in [9.17, 15) is 0 Å². The quantitative estimate of drug-likeness (QED) is 0.670. The summed E-state index contributed by atoms with van der Waals surface area (Å²) >= 11 is 0. The average molecular weight is 341 g/mol. The van der Waals surface area contributed by atoms with Crippen LogP contribution in [0.2, 0.25) is 0 Å². The topological polar surface area (TPSA) is 54.7 Å². The van der Waals surface area contributed by atoms with E-state index in [-0.39, 0.29) is 0 Å². The number of likely N-dealkylation sites (tertiary alicyclic amines) is 1. The number of aryl methyl sites for hydroxylation is 1. The fraction of sp³-hybridized carbons (Fsp3) is 0.474. The maximum atomic E-state index is 5.21. The third-order valence-electron chi connectivity index (χ3n) is 4.59. The largest absolute Gasteiger partial charge is 0.497 e. The number of aromatic nitrogens is 2. The van der Waals surface area contributed by atoms with Gasteiger partial charge in [-0.15, -0.1) is 0 Å². The summed E-state index contributed by atoms with van der Waals surface area (Å²) in [6.07, 6.45) is 5.24. The van der Waals surface area contributed by atoms with Crippen molar-refractivity contribution in [1.29, 1.82) is 0 Å². The molecule has 6 nitrogen and oxygen atoms in total. The van der Waals surface area contributed by atoms with E-state index in [4.69, 9.17) is 9.73 Å². The Morgan fingerprint density at radius 3 is 2.80 bits per heavy atom. The molecule has 1 aliphatic rings. The molecule has 134 valence electrons. The van der Waals surface area contributed by atoms with Crippen LogP contribution >= 0.6 is 0 Å². The van der Waals surface area contributed by atoms with Gasteiger partial charge in [-0.05, 0) is 36.6 Å². The van der Waals surface area contributed by atoms with Gasteiger partial charge in [0.1, 0.15) is 5.75 Å². The van der Waals surface area contributed by atoms with Crippen molar-refractivity contribution in [2.45, 2.75) is 25.8 Å². The normalized spacial score (nSPS) is 17.8. The first-order chi connectivity index (χ1) is 12.2. The molecule has 1 fully saturated rings. The molecule has 1 aliphatic heterocycles. The second-order valence-electron chi connectivity index (χ2n) is 6.40. The van der Waals surface area contributed by atoms with Gasteiger partial charge in [-0.2, -0.15) is 5.10 Å². The van der Waals surface area contributed by atoms with E-state index in [1.807, 2.05) is 30.1 Å². The van der Waals surface area contributed by atoms with Crippen molar-refractivity contribution in [3.63, 3.8) is 0 Å². The second-order valence-corrected chi connectivity index (χ2v) is 6.40. The molecule has 0 spiro atoms. The number of benzene rings is 1. The van der Waals surface area contributed by atoms with Crippen LogP contribution in [0.25, 0.3) is 0 Å². The van der Waals surface area contributed by atoms with Gasteiger partial charge in [0.05, 0.1) is 19.9 Å². The molecule has 1 N–H and O–H groups in total. The Morgan fingerprint density at radius 2 is 2.16 bits per heavy atom. The zero-order valence-corrected chi connectivity index (χ0v) is 15.3. The van der Waals surface area contributed by atoms with E-state index in [1.54, 1.807) is 7.11 Å². The molecule has 1 atom stereocenters. The summed E-state index contributed by atoms with van der Waals surface area (Å²) in [6.45, 7) is 5.65. The summed E-state index contributed by atoms with van der Waals surface area (Å²) in [4.78, 5) is 7.18. The van der Waals surface area contributed by atoms with Crippen molar-refractivity contribution < 1.29 is 4.74 Å². The van der Waals surface area contributed by atoms with Crippen molar-refractivity contribution in [1.82, 2.24) is 20.0 Å².